The monoisotopic (exact) mass is 344 g/mol. The van der Waals surface area contributed by atoms with E-state index in [1.54, 1.807) is 49.6 Å². The Bertz CT molecular complexity index is 840. The minimum atomic E-state index is -3.48. The molecule has 0 unspecified atom stereocenters. The molecule has 0 radical (unpaired) electrons. The molecule has 0 aliphatic heterocycles. The quantitative estimate of drug-likeness (QED) is 0.870. The number of pyridine rings is 1. The standard InChI is InChI=1S/C17H20N4O2S/c1-13(2)21(3)24(22,23)16-8-6-14(7-9-16)12-20-17-15(11-18)5-4-10-19-17/h4-10,13H,12H2,1-3H3,(H,19,20). The summed E-state index contributed by atoms with van der Waals surface area (Å²) in [5.41, 5.74) is 1.37. The smallest absolute Gasteiger partial charge is 0.243 e. The van der Waals surface area contributed by atoms with E-state index in [4.69, 9.17) is 5.26 Å². The molecular weight excluding hydrogens is 324 g/mol. The van der Waals surface area contributed by atoms with E-state index in [-0.39, 0.29) is 10.9 Å². The highest BCUT2D eigenvalue weighted by Gasteiger charge is 2.22. The van der Waals surface area contributed by atoms with E-state index in [0.29, 0.717) is 17.9 Å². The third kappa shape index (κ3) is 3.91. The zero-order valence-electron chi connectivity index (χ0n) is 13.9. The van der Waals surface area contributed by atoms with Crippen LogP contribution >= 0.6 is 0 Å². The molecule has 126 valence electrons. The number of anilines is 1. The van der Waals surface area contributed by atoms with Crippen LogP contribution < -0.4 is 5.32 Å². The predicted octanol–water partition coefficient (Wildman–Crippen LogP) is 2.59. The highest BCUT2D eigenvalue weighted by Crippen LogP contribution is 2.18. The average Bonchev–Trinajstić information content (AvgIpc) is 2.59. The number of nitrogens with one attached hydrogen (secondary N) is 1. The molecule has 0 saturated heterocycles. The van der Waals surface area contributed by atoms with Gasteiger partial charge in [-0.2, -0.15) is 9.57 Å². The first-order valence-electron chi connectivity index (χ1n) is 7.52. The van der Waals surface area contributed by atoms with Crippen LogP contribution in [0, 0.1) is 11.3 Å². The van der Waals surface area contributed by atoms with Crippen LogP contribution in [0.2, 0.25) is 0 Å². The number of nitriles is 1. The van der Waals surface area contributed by atoms with E-state index in [1.807, 2.05) is 13.8 Å². The summed E-state index contributed by atoms with van der Waals surface area (Å²) in [5.74, 6) is 0.510. The van der Waals surface area contributed by atoms with Crippen LogP contribution in [0.25, 0.3) is 0 Å². The number of sulfonamides is 1. The lowest BCUT2D eigenvalue weighted by Crippen LogP contribution is -2.33. The Labute approximate surface area is 142 Å². The van der Waals surface area contributed by atoms with Crippen LogP contribution in [0.3, 0.4) is 0 Å². The maximum absolute atomic E-state index is 12.4. The molecule has 0 saturated carbocycles. The van der Waals surface area contributed by atoms with Crippen molar-refractivity contribution in [3.63, 3.8) is 0 Å². The van der Waals surface area contributed by atoms with Gasteiger partial charge in [-0.1, -0.05) is 12.1 Å². The molecule has 7 heteroatoms. The van der Waals surface area contributed by atoms with Gasteiger partial charge in [-0.3, -0.25) is 0 Å². The van der Waals surface area contributed by atoms with Crippen LogP contribution in [0.5, 0.6) is 0 Å². The summed E-state index contributed by atoms with van der Waals surface area (Å²) in [4.78, 5) is 4.39. The molecule has 1 aromatic heterocycles. The van der Waals surface area contributed by atoms with Crippen molar-refractivity contribution in [2.75, 3.05) is 12.4 Å². The van der Waals surface area contributed by atoms with E-state index >= 15 is 0 Å². The van der Waals surface area contributed by atoms with Crippen LogP contribution in [0.4, 0.5) is 5.82 Å². The van der Waals surface area contributed by atoms with Gasteiger partial charge < -0.3 is 5.32 Å². The fourth-order valence-electron chi connectivity index (χ4n) is 2.05. The van der Waals surface area contributed by atoms with Gasteiger partial charge >= 0.3 is 0 Å². The molecule has 1 N–H and O–H groups in total. The van der Waals surface area contributed by atoms with Crippen molar-refractivity contribution in [2.45, 2.75) is 31.3 Å². The minimum absolute atomic E-state index is 0.107. The number of hydrogen-bond acceptors (Lipinski definition) is 5. The molecule has 0 fully saturated rings. The summed E-state index contributed by atoms with van der Waals surface area (Å²) >= 11 is 0. The first-order chi connectivity index (χ1) is 11.4. The van der Waals surface area contributed by atoms with Gasteiger partial charge in [0.1, 0.15) is 11.9 Å². The lowest BCUT2D eigenvalue weighted by Gasteiger charge is -2.21. The zero-order chi connectivity index (χ0) is 17.7. The van der Waals surface area contributed by atoms with Crippen molar-refractivity contribution in [3.05, 3.63) is 53.7 Å². The summed E-state index contributed by atoms with van der Waals surface area (Å²) in [6, 6.07) is 12.0. The summed E-state index contributed by atoms with van der Waals surface area (Å²) in [7, 11) is -1.91. The van der Waals surface area contributed by atoms with E-state index in [9.17, 15) is 8.42 Å². The average molecular weight is 344 g/mol. The number of hydrogen-bond donors (Lipinski definition) is 1. The van der Waals surface area contributed by atoms with E-state index < -0.39 is 10.0 Å². The first-order valence-corrected chi connectivity index (χ1v) is 8.96. The van der Waals surface area contributed by atoms with Crippen molar-refractivity contribution in [2.24, 2.45) is 0 Å². The van der Waals surface area contributed by atoms with Gasteiger partial charge in [0, 0.05) is 25.8 Å². The van der Waals surface area contributed by atoms with Gasteiger partial charge in [-0.15, -0.1) is 0 Å². The predicted molar refractivity (Wildman–Crippen MR) is 92.8 cm³/mol. The van der Waals surface area contributed by atoms with Gasteiger partial charge in [0.2, 0.25) is 10.0 Å². The Morgan fingerprint density at radius 3 is 2.50 bits per heavy atom. The highest BCUT2D eigenvalue weighted by atomic mass is 32.2. The van der Waals surface area contributed by atoms with Gasteiger partial charge in [-0.05, 0) is 43.7 Å². The molecule has 24 heavy (non-hydrogen) atoms. The molecule has 0 bridgehead atoms. The molecule has 1 aromatic carbocycles. The van der Waals surface area contributed by atoms with Crippen LogP contribution in [0.15, 0.2) is 47.5 Å². The van der Waals surface area contributed by atoms with Crippen LogP contribution in [0.1, 0.15) is 25.0 Å². The number of benzene rings is 1. The second-order valence-corrected chi connectivity index (χ2v) is 7.62. The van der Waals surface area contributed by atoms with E-state index in [2.05, 4.69) is 16.4 Å². The highest BCUT2D eigenvalue weighted by molar-refractivity contribution is 7.89. The van der Waals surface area contributed by atoms with Gasteiger partial charge in [0.15, 0.2) is 0 Å². The van der Waals surface area contributed by atoms with Gasteiger partial charge in [0.05, 0.1) is 10.5 Å². The molecule has 1 heterocycles. The van der Waals surface area contributed by atoms with Crippen LogP contribution in [-0.4, -0.2) is 30.8 Å². The van der Waals surface area contributed by atoms with Crippen molar-refractivity contribution >= 4 is 15.8 Å². The lowest BCUT2D eigenvalue weighted by molar-refractivity contribution is 0.410. The number of aromatic nitrogens is 1. The normalized spacial score (nSPS) is 11.5. The molecule has 2 aromatic rings. The Hall–Kier alpha value is -2.43. The minimum Gasteiger partial charge on any atom is -0.365 e. The number of nitrogens with zero attached hydrogens (tertiary/aromatic N) is 3. The molecule has 0 aliphatic carbocycles. The largest absolute Gasteiger partial charge is 0.365 e. The molecule has 0 atom stereocenters. The Kier molecular flexibility index (Phi) is 5.54. The maximum Gasteiger partial charge on any atom is 0.243 e. The molecule has 2 rings (SSSR count). The molecule has 0 aliphatic rings. The van der Waals surface area contributed by atoms with Crippen molar-refractivity contribution in [1.29, 1.82) is 5.26 Å². The molecule has 0 amide bonds. The summed E-state index contributed by atoms with van der Waals surface area (Å²) in [6.07, 6.45) is 1.61. The fourth-order valence-corrected chi connectivity index (χ4v) is 3.41. The number of rotatable bonds is 6. The van der Waals surface area contributed by atoms with E-state index in [0.717, 1.165) is 5.56 Å². The summed E-state index contributed by atoms with van der Waals surface area (Å²) in [5, 5.41) is 12.1. The lowest BCUT2D eigenvalue weighted by atomic mass is 10.2. The Balaban J connectivity index is 2.12. The fraction of sp³-hybridized carbons (Fsp3) is 0.294. The third-order valence-electron chi connectivity index (χ3n) is 3.72. The van der Waals surface area contributed by atoms with Gasteiger partial charge in [0.25, 0.3) is 0 Å². The summed E-state index contributed by atoms with van der Waals surface area (Å²) < 4.78 is 26.2. The maximum atomic E-state index is 12.4. The third-order valence-corrected chi connectivity index (χ3v) is 5.76. The van der Waals surface area contributed by atoms with Gasteiger partial charge in [-0.25, -0.2) is 13.4 Å². The first kappa shape index (κ1) is 17.9. The second kappa shape index (κ2) is 7.43. The molecular formula is C17H20N4O2S. The molecule has 6 nitrogen and oxygen atoms in total. The molecule has 0 spiro atoms. The second-order valence-electron chi connectivity index (χ2n) is 5.62. The van der Waals surface area contributed by atoms with Crippen LogP contribution in [-0.2, 0) is 16.6 Å². The summed E-state index contributed by atoms with van der Waals surface area (Å²) in [6.45, 7) is 4.11. The Morgan fingerprint density at radius 1 is 1.25 bits per heavy atom. The van der Waals surface area contributed by atoms with Crippen molar-refractivity contribution in [3.8, 4) is 6.07 Å². The zero-order valence-corrected chi connectivity index (χ0v) is 14.7. The Morgan fingerprint density at radius 2 is 1.92 bits per heavy atom. The SMILES string of the molecule is CC(C)N(C)S(=O)(=O)c1ccc(CNc2ncccc2C#N)cc1. The van der Waals surface area contributed by atoms with E-state index in [1.165, 1.54) is 4.31 Å². The van der Waals surface area contributed by atoms with Crippen molar-refractivity contribution < 1.29 is 8.42 Å². The topological polar surface area (TPSA) is 86.1 Å². The van der Waals surface area contributed by atoms with Crippen molar-refractivity contribution in [1.82, 2.24) is 9.29 Å².